The zero-order chi connectivity index (χ0) is 10.7. The van der Waals surface area contributed by atoms with Gasteiger partial charge >= 0.3 is 6.01 Å². The first-order chi connectivity index (χ1) is 6.60. The zero-order valence-corrected chi connectivity index (χ0v) is 9.13. The van der Waals surface area contributed by atoms with Crippen LogP contribution in [0.4, 0.5) is 6.01 Å². The topological polar surface area (TPSA) is 46.3 Å². The third-order valence-corrected chi connectivity index (χ3v) is 2.17. The molecule has 0 radical (unpaired) electrons. The van der Waals surface area contributed by atoms with Gasteiger partial charge < -0.3 is 4.42 Å². The van der Waals surface area contributed by atoms with Gasteiger partial charge in [0.15, 0.2) is 0 Å². The van der Waals surface area contributed by atoms with Gasteiger partial charge in [-0.3, -0.25) is 9.69 Å². The van der Waals surface area contributed by atoms with Gasteiger partial charge in [-0.1, -0.05) is 6.92 Å². The number of carbonyl (C=O) groups is 1. The van der Waals surface area contributed by atoms with Gasteiger partial charge in [-0.15, -0.1) is 0 Å². The van der Waals surface area contributed by atoms with E-state index in [1.807, 2.05) is 27.7 Å². The molecule has 78 valence electrons. The van der Waals surface area contributed by atoms with E-state index < -0.39 is 0 Å². The highest BCUT2D eigenvalue weighted by Crippen LogP contribution is 2.17. The molecule has 0 aromatic carbocycles. The number of nitrogens with zero attached hydrogens (tertiary/aromatic N) is 2. The van der Waals surface area contributed by atoms with Gasteiger partial charge in [0.2, 0.25) is 5.91 Å². The molecule has 1 aromatic rings. The molecule has 0 aliphatic heterocycles. The molecule has 1 amide bonds. The quantitative estimate of drug-likeness (QED) is 0.743. The average Bonchev–Trinajstić information content (AvgIpc) is 2.48. The van der Waals surface area contributed by atoms with Crippen LogP contribution in [-0.4, -0.2) is 17.4 Å². The monoisotopic (exact) mass is 196 g/mol. The molecule has 0 saturated heterocycles. The lowest BCUT2D eigenvalue weighted by Crippen LogP contribution is -2.30. The van der Waals surface area contributed by atoms with Crippen LogP contribution in [0.2, 0.25) is 0 Å². The number of hydrogen-bond acceptors (Lipinski definition) is 3. The number of hydrogen-bond donors (Lipinski definition) is 0. The summed E-state index contributed by atoms with van der Waals surface area (Å²) in [6.07, 6.45) is 0.467. The van der Waals surface area contributed by atoms with Crippen molar-refractivity contribution < 1.29 is 9.21 Å². The third kappa shape index (κ3) is 1.95. The molecule has 0 aliphatic rings. The van der Waals surface area contributed by atoms with Crippen molar-refractivity contribution in [2.75, 3.05) is 11.4 Å². The minimum atomic E-state index is 0.0359. The van der Waals surface area contributed by atoms with Crippen LogP contribution in [-0.2, 0) is 4.79 Å². The Kier molecular flexibility index (Phi) is 3.28. The summed E-state index contributed by atoms with van der Waals surface area (Å²) >= 11 is 0. The fourth-order valence-electron chi connectivity index (χ4n) is 1.18. The number of aromatic nitrogens is 1. The van der Waals surface area contributed by atoms with Crippen LogP contribution >= 0.6 is 0 Å². The number of rotatable bonds is 3. The lowest BCUT2D eigenvalue weighted by Gasteiger charge is -2.14. The second-order valence-electron chi connectivity index (χ2n) is 3.13. The fourth-order valence-corrected chi connectivity index (χ4v) is 1.18. The van der Waals surface area contributed by atoms with Crippen molar-refractivity contribution in [2.45, 2.75) is 34.1 Å². The predicted octanol–water partition coefficient (Wildman–Crippen LogP) is 2.05. The molecule has 1 aromatic heterocycles. The van der Waals surface area contributed by atoms with Crippen molar-refractivity contribution in [3.05, 3.63) is 11.5 Å². The van der Waals surface area contributed by atoms with Crippen LogP contribution in [0.15, 0.2) is 4.42 Å². The number of carbonyl (C=O) groups excluding carboxylic acids is 1. The second kappa shape index (κ2) is 4.26. The van der Waals surface area contributed by atoms with E-state index in [-0.39, 0.29) is 5.91 Å². The minimum absolute atomic E-state index is 0.0359. The summed E-state index contributed by atoms with van der Waals surface area (Å²) < 4.78 is 5.38. The van der Waals surface area contributed by atoms with E-state index in [1.54, 1.807) is 4.90 Å². The summed E-state index contributed by atoms with van der Waals surface area (Å²) in [4.78, 5) is 17.2. The molecule has 4 heteroatoms. The van der Waals surface area contributed by atoms with E-state index in [2.05, 4.69) is 4.98 Å². The molecule has 0 spiro atoms. The summed E-state index contributed by atoms with van der Waals surface area (Å²) in [6.45, 7) is 8.03. The van der Waals surface area contributed by atoms with Crippen LogP contribution in [0.5, 0.6) is 0 Å². The lowest BCUT2D eigenvalue weighted by molar-refractivity contribution is -0.118. The molecular weight excluding hydrogens is 180 g/mol. The Balaban J connectivity index is 2.95. The predicted molar refractivity (Wildman–Crippen MR) is 54.3 cm³/mol. The second-order valence-corrected chi connectivity index (χ2v) is 3.13. The summed E-state index contributed by atoms with van der Waals surface area (Å²) in [5, 5.41) is 0. The molecule has 0 saturated carbocycles. The molecule has 4 nitrogen and oxygen atoms in total. The molecule has 1 heterocycles. The maximum absolute atomic E-state index is 11.5. The highest BCUT2D eigenvalue weighted by Gasteiger charge is 2.17. The first kappa shape index (κ1) is 10.8. The van der Waals surface area contributed by atoms with E-state index >= 15 is 0 Å². The molecule has 0 aliphatic carbocycles. The van der Waals surface area contributed by atoms with Gasteiger partial charge in [0, 0.05) is 13.0 Å². The van der Waals surface area contributed by atoms with Crippen LogP contribution in [0.1, 0.15) is 31.7 Å². The largest absolute Gasteiger partial charge is 0.428 e. The van der Waals surface area contributed by atoms with E-state index in [0.29, 0.717) is 19.0 Å². The third-order valence-electron chi connectivity index (χ3n) is 2.17. The standard InChI is InChI=1S/C10H16N2O2/c1-5-9(13)12(6-2)10-11-7(3)8(4)14-10/h5-6H2,1-4H3. The molecule has 0 unspecified atom stereocenters. The summed E-state index contributed by atoms with van der Waals surface area (Å²) in [5.74, 6) is 0.802. The van der Waals surface area contributed by atoms with Crippen molar-refractivity contribution in [2.24, 2.45) is 0 Å². The van der Waals surface area contributed by atoms with E-state index in [1.165, 1.54) is 0 Å². The fraction of sp³-hybridized carbons (Fsp3) is 0.600. The van der Waals surface area contributed by atoms with Gasteiger partial charge in [0.25, 0.3) is 0 Å². The van der Waals surface area contributed by atoms with Gasteiger partial charge in [-0.25, -0.2) is 0 Å². The van der Waals surface area contributed by atoms with Gasteiger partial charge in [0.1, 0.15) is 5.76 Å². The Morgan fingerprint density at radius 1 is 1.43 bits per heavy atom. The Hall–Kier alpha value is -1.32. The van der Waals surface area contributed by atoms with Crippen LogP contribution in [0, 0.1) is 13.8 Å². The van der Waals surface area contributed by atoms with Crippen molar-refractivity contribution in [1.29, 1.82) is 0 Å². The highest BCUT2D eigenvalue weighted by molar-refractivity contribution is 5.90. The van der Waals surface area contributed by atoms with Gasteiger partial charge in [0.05, 0.1) is 5.69 Å². The maximum atomic E-state index is 11.5. The zero-order valence-electron chi connectivity index (χ0n) is 9.13. The van der Waals surface area contributed by atoms with Crippen molar-refractivity contribution in [3.63, 3.8) is 0 Å². The molecule has 0 N–H and O–H groups in total. The highest BCUT2D eigenvalue weighted by atomic mass is 16.4. The first-order valence-electron chi connectivity index (χ1n) is 4.84. The molecule has 0 atom stereocenters. The first-order valence-corrected chi connectivity index (χ1v) is 4.84. The SMILES string of the molecule is CCC(=O)N(CC)c1nc(C)c(C)o1. The molecule has 1 rings (SSSR count). The molecule has 0 fully saturated rings. The smallest absolute Gasteiger partial charge is 0.304 e. The molecule has 14 heavy (non-hydrogen) atoms. The van der Waals surface area contributed by atoms with E-state index in [0.717, 1.165) is 11.5 Å². The van der Waals surface area contributed by atoms with Crippen LogP contribution in [0.25, 0.3) is 0 Å². The molecule has 0 bridgehead atoms. The number of aryl methyl sites for hydroxylation is 2. The Labute approximate surface area is 83.9 Å². The minimum Gasteiger partial charge on any atom is -0.428 e. The van der Waals surface area contributed by atoms with Crippen LogP contribution in [0.3, 0.4) is 0 Å². The van der Waals surface area contributed by atoms with Gasteiger partial charge in [-0.2, -0.15) is 4.98 Å². The van der Waals surface area contributed by atoms with E-state index in [9.17, 15) is 4.79 Å². The van der Waals surface area contributed by atoms with Crippen molar-refractivity contribution in [3.8, 4) is 0 Å². The van der Waals surface area contributed by atoms with Gasteiger partial charge in [-0.05, 0) is 20.8 Å². The summed E-state index contributed by atoms with van der Waals surface area (Å²) in [5.41, 5.74) is 0.836. The Morgan fingerprint density at radius 3 is 2.43 bits per heavy atom. The summed E-state index contributed by atoms with van der Waals surface area (Å²) in [7, 11) is 0. The number of anilines is 1. The maximum Gasteiger partial charge on any atom is 0.304 e. The number of amides is 1. The Bertz CT molecular complexity index is 311. The lowest BCUT2D eigenvalue weighted by atomic mass is 10.4. The number of oxazole rings is 1. The van der Waals surface area contributed by atoms with Crippen molar-refractivity contribution >= 4 is 11.9 Å². The normalized spacial score (nSPS) is 10.3. The van der Waals surface area contributed by atoms with E-state index in [4.69, 9.17) is 4.42 Å². The Morgan fingerprint density at radius 2 is 2.07 bits per heavy atom. The summed E-state index contributed by atoms with van der Waals surface area (Å²) in [6, 6.07) is 0.411. The van der Waals surface area contributed by atoms with Crippen LogP contribution < -0.4 is 4.90 Å². The average molecular weight is 196 g/mol. The molecular formula is C10H16N2O2. The van der Waals surface area contributed by atoms with Crippen molar-refractivity contribution in [1.82, 2.24) is 4.98 Å².